The topological polar surface area (TPSA) is 116 Å². The van der Waals surface area contributed by atoms with Gasteiger partial charge in [0.15, 0.2) is 0 Å². The first-order chi connectivity index (χ1) is 28.2. The van der Waals surface area contributed by atoms with Crippen molar-refractivity contribution in [2.24, 2.45) is 62.6 Å². The maximum Gasteiger partial charge on any atom is 0.243 e. The second kappa shape index (κ2) is 16.4. The number of amides is 1. The molecule has 8 nitrogen and oxygen atoms in total. The third-order valence-corrected chi connectivity index (χ3v) is 20.1. The predicted molar refractivity (Wildman–Crippen MR) is 240 cm³/mol. The molecular weight excluding hydrogens is 769 g/mol. The molecule has 0 aromatic heterocycles. The number of aliphatic hydroxyl groups excluding tert-OH is 2. The molecule has 9 heteroatoms. The third-order valence-electron chi connectivity index (χ3n) is 18.2. The molecule has 2 aromatic rings. The van der Waals surface area contributed by atoms with Gasteiger partial charge in [-0.25, -0.2) is 8.42 Å². The highest BCUT2D eigenvalue weighted by Gasteiger charge is 2.72. The molecule has 5 aliphatic rings. The Bertz CT molecular complexity index is 1980. The van der Waals surface area contributed by atoms with E-state index in [4.69, 9.17) is 4.74 Å². The minimum atomic E-state index is -3.98. The number of fused-ring (bicyclic) bond motifs is 7. The number of rotatable bonds is 13. The molecule has 0 aliphatic heterocycles. The molecule has 12 atom stereocenters. The molecule has 0 radical (unpaired) electrons. The molecule has 0 saturated heterocycles. The van der Waals surface area contributed by atoms with Crippen molar-refractivity contribution in [3.8, 4) is 5.75 Å². The van der Waals surface area contributed by atoms with Gasteiger partial charge in [0.25, 0.3) is 0 Å². The van der Waals surface area contributed by atoms with Crippen molar-refractivity contribution in [1.82, 2.24) is 9.62 Å². The van der Waals surface area contributed by atoms with Crippen molar-refractivity contribution >= 4 is 15.9 Å². The second-order valence-electron chi connectivity index (χ2n) is 21.9. The summed E-state index contributed by atoms with van der Waals surface area (Å²) in [5.41, 5.74) is 1.77. The van der Waals surface area contributed by atoms with Gasteiger partial charge in [-0.15, -0.1) is 0 Å². The van der Waals surface area contributed by atoms with Gasteiger partial charge < -0.3 is 20.3 Å². The summed E-state index contributed by atoms with van der Waals surface area (Å²) in [7, 11) is -2.43. The number of carbonyl (C=O) groups is 1. The van der Waals surface area contributed by atoms with Gasteiger partial charge in [0.05, 0.1) is 35.7 Å². The number of sulfonamides is 1. The first kappa shape index (κ1) is 45.3. The van der Waals surface area contributed by atoms with E-state index in [0.29, 0.717) is 29.9 Å². The lowest BCUT2D eigenvalue weighted by molar-refractivity contribution is -0.246. The van der Waals surface area contributed by atoms with Crippen LogP contribution in [-0.2, 0) is 21.2 Å². The molecule has 2 aromatic carbocycles. The summed E-state index contributed by atoms with van der Waals surface area (Å²) in [5, 5.41) is 27.0. The Morgan fingerprint density at radius 2 is 1.55 bits per heavy atom. The highest BCUT2D eigenvalue weighted by atomic mass is 32.2. The molecule has 0 spiro atoms. The monoisotopic (exact) mass is 845 g/mol. The zero-order chi connectivity index (χ0) is 43.6. The van der Waals surface area contributed by atoms with Crippen LogP contribution in [0.4, 0.5) is 0 Å². The lowest BCUT2D eigenvalue weighted by Crippen LogP contribution is -2.67. The van der Waals surface area contributed by atoms with E-state index in [9.17, 15) is 18.6 Å². The molecule has 0 bridgehead atoms. The van der Waals surface area contributed by atoms with Crippen molar-refractivity contribution in [2.45, 2.75) is 149 Å². The molecular formula is C51H76N2O6S. The van der Waals surface area contributed by atoms with Gasteiger partial charge >= 0.3 is 0 Å². The van der Waals surface area contributed by atoms with E-state index in [-0.39, 0.29) is 69.4 Å². The molecule has 5 saturated carbocycles. The van der Waals surface area contributed by atoms with Gasteiger partial charge in [0.1, 0.15) is 5.75 Å². The summed E-state index contributed by atoms with van der Waals surface area (Å²) in [6, 6.07) is 15.6. The molecule has 7 rings (SSSR count). The van der Waals surface area contributed by atoms with Gasteiger partial charge in [-0.3, -0.25) is 4.79 Å². The Labute approximate surface area is 362 Å². The molecule has 5 fully saturated rings. The zero-order valence-electron chi connectivity index (χ0n) is 38.2. The Kier molecular flexibility index (Phi) is 12.4. The molecule has 5 aliphatic carbocycles. The smallest absolute Gasteiger partial charge is 0.243 e. The average Bonchev–Trinajstić information content (AvgIpc) is 3.61. The Morgan fingerprint density at radius 3 is 2.18 bits per heavy atom. The van der Waals surface area contributed by atoms with E-state index in [2.05, 4.69) is 53.4 Å². The maximum absolute atomic E-state index is 15.5. The number of allylic oxidation sites excluding steroid dienone is 1. The van der Waals surface area contributed by atoms with E-state index in [1.807, 2.05) is 44.2 Å². The third kappa shape index (κ3) is 7.41. The quantitative estimate of drug-likeness (QED) is 0.173. The minimum absolute atomic E-state index is 0.00642. The van der Waals surface area contributed by atoms with E-state index in [0.717, 1.165) is 69.8 Å². The van der Waals surface area contributed by atoms with E-state index >= 15 is 4.79 Å². The van der Waals surface area contributed by atoms with Crippen LogP contribution in [0.25, 0.3) is 0 Å². The predicted octanol–water partition coefficient (Wildman–Crippen LogP) is 9.45. The van der Waals surface area contributed by atoms with Crippen LogP contribution in [0.1, 0.15) is 125 Å². The highest BCUT2D eigenvalue weighted by Crippen LogP contribution is 2.77. The molecule has 60 heavy (non-hydrogen) atoms. The number of carbonyl (C=O) groups excluding carboxylic acids is 1. The van der Waals surface area contributed by atoms with Gasteiger partial charge in [-0.2, -0.15) is 4.31 Å². The number of ether oxygens (including phenoxy) is 1. The molecule has 1 amide bonds. The van der Waals surface area contributed by atoms with Gasteiger partial charge in [-0.05, 0) is 165 Å². The fourth-order valence-corrected chi connectivity index (χ4v) is 16.5. The fourth-order valence-electron chi connectivity index (χ4n) is 14.9. The van der Waals surface area contributed by atoms with E-state index < -0.39 is 27.6 Å². The van der Waals surface area contributed by atoms with Crippen LogP contribution in [0.2, 0.25) is 0 Å². The normalized spacial score (nSPS) is 37.0. The van der Waals surface area contributed by atoms with Crippen LogP contribution in [0.5, 0.6) is 5.75 Å². The van der Waals surface area contributed by atoms with Crippen molar-refractivity contribution in [3.63, 3.8) is 0 Å². The Balaban J connectivity index is 1.20. The Morgan fingerprint density at radius 1 is 0.867 bits per heavy atom. The Hall–Kier alpha value is -2.72. The maximum atomic E-state index is 15.5. The van der Waals surface area contributed by atoms with Crippen LogP contribution < -0.4 is 10.1 Å². The summed E-state index contributed by atoms with van der Waals surface area (Å²) < 4.78 is 35.1. The van der Waals surface area contributed by atoms with Gasteiger partial charge in [0, 0.05) is 13.1 Å². The zero-order valence-corrected chi connectivity index (χ0v) is 39.0. The van der Waals surface area contributed by atoms with Gasteiger partial charge in [-0.1, -0.05) is 91.0 Å². The van der Waals surface area contributed by atoms with Gasteiger partial charge in [0.2, 0.25) is 15.9 Å². The van der Waals surface area contributed by atoms with E-state index in [1.54, 1.807) is 31.4 Å². The average molecular weight is 845 g/mol. The van der Waals surface area contributed by atoms with Crippen LogP contribution >= 0.6 is 0 Å². The number of nitrogens with zero attached hydrogens (tertiary/aromatic N) is 1. The van der Waals surface area contributed by atoms with Crippen LogP contribution in [0.15, 0.2) is 71.6 Å². The molecule has 332 valence electrons. The number of methoxy groups -OCH3 is 1. The first-order valence-electron chi connectivity index (χ1n) is 23.2. The molecule has 0 unspecified atom stereocenters. The summed E-state index contributed by atoms with van der Waals surface area (Å²) in [4.78, 5) is 15.6. The molecule has 3 N–H and O–H groups in total. The summed E-state index contributed by atoms with van der Waals surface area (Å²) in [6.45, 7) is 23.1. The second-order valence-corrected chi connectivity index (χ2v) is 23.9. The SMILES string of the molecule is C=C(C)[C@@H]1CC[C@]2(C(=O)N[C@@H](Cc3ccccc3)[C@H](O)CN(CC(C)C)S(=O)(=O)c3ccc(OC)cc3)CC[C@]3(C)[C@H](CC[C@@H]4[C@@]5(C)CC[C@H](O)C(C)(C)[C@@H]5CC[C@]43C)[C@@H]12. The van der Waals surface area contributed by atoms with E-state index in [1.165, 1.54) is 9.88 Å². The number of benzene rings is 2. The van der Waals surface area contributed by atoms with Crippen molar-refractivity contribution in [3.05, 3.63) is 72.3 Å². The number of nitrogens with one attached hydrogen (secondary N) is 1. The summed E-state index contributed by atoms with van der Waals surface area (Å²) in [6.07, 6.45) is 8.95. The van der Waals surface area contributed by atoms with Crippen molar-refractivity contribution < 1.29 is 28.2 Å². The molecule has 0 heterocycles. The highest BCUT2D eigenvalue weighted by molar-refractivity contribution is 7.89. The van der Waals surface area contributed by atoms with Crippen molar-refractivity contribution in [1.29, 1.82) is 0 Å². The first-order valence-corrected chi connectivity index (χ1v) is 24.6. The van der Waals surface area contributed by atoms with Crippen LogP contribution in [0, 0.1) is 62.6 Å². The van der Waals surface area contributed by atoms with Crippen LogP contribution in [-0.4, -0.2) is 67.3 Å². The number of hydrogen-bond donors (Lipinski definition) is 3. The fraction of sp³-hybridized carbons (Fsp3) is 0.706. The van der Waals surface area contributed by atoms with Crippen molar-refractivity contribution in [2.75, 3.05) is 20.2 Å². The standard InChI is InChI=1S/C51H76N2O6S/c1-33(2)31-53(60(57,58)37-18-16-36(59-10)17-19-37)32-41(54)40(30-35-14-12-11-13-15-35)52-46(56)51-27-22-38(34(3)4)45(51)39-20-21-43-48(7)25-24-44(55)47(5,6)42(48)23-26-50(43,9)49(39,8)28-29-51/h11-19,33,38-45,54-55H,3,20-32H2,1-2,4-10H3,(H,52,56)/t38-,39+,40-,41+,42-,43+,44-,45+,48-,49+,50+,51-/m0/s1. The van der Waals surface area contributed by atoms with Crippen LogP contribution in [0.3, 0.4) is 0 Å². The number of aliphatic hydroxyl groups is 2. The summed E-state index contributed by atoms with van der Waals surface area (Å²) in [5.74, 6) is 2.38. The minimum Gasteiger partial charge on any atom is -0.497 e. The lowest BCUT2D eigenvalue weighted by atomic mass is 9.32. The summed E-state index contributed by atoms with van der Waals surface area (Å²) >= 11 is 0. The lowest BCUT2D eigenvalue weighted by Gasteiger charge is -2.72. The number of hydrogen-bond acceptors (Lipinski definition) is 6. The largest absolute Gasteiger partial charge is 0.497 e.